The van der Waals surface area contributed by atoms with E-state index in [1.165, 1.54) is 122 Å². The SMILES string of the molecule is CC(C)(C)[Si](C)(C)OC1CCC(CCCCCCCCCCO)(CCCCCCCCCCO)C1. The molecule has 0 heterocycles. The van der Waals surface area contributed by atoms with Crippen LogP contribution in [0, 0.1) is 5.41 Å². The van der Waals surface area contributed by atoms with Gasteiger partial charge in [0.1, 0.15) is 0 Å². The molecular formula is C31H64O3Si. The Morgan fingerprint density at radius 3 is 1.40 bits per heavy atom. The average Bonchev–Trinajstić information content (AvgIpc) is 3.18. The minimum Gasteiger partial charge on any atom is -0.414 e. The van der Waals surface area contributed by atoms with Gasteiger partial charge in [-0.05, 0) is 68.5 Å². The maximum absolute atomic E-state index is 8.92. The Morgan fingerprint density at radius 1 is 0.657 bits per heavy atom. The van der Waals surface area contributed by atoms with Gasteiger partial charge in [0.15, 0.2) is 8.32 Å². The summed E-state index contributed by atoms with van der Waals surface area (Å²) in [5, 5.41) is 18.1. The predicted octanol–water partition coefficient (Wildman–Crippen LogP) is 9.55. The topological polar surface area (TPSA) is 49.7 Å². The van der Waals surface area contributed by atoms with Gasteiger partial charge in [-0.3, -0.25) is 0 Å². The molecule has 0 saturated heterocycles. The molecule has 0 radical (unpaired) electrons. The third-order valence-electron chi connectivity index (χ3n) is 9.16. The summed E-state index contributed by atoms with van der Waals surface area (Å²) in [6.07, 6.45) is 28.0. The molecule has 0 aromatic carbocycles. The lowest BCUT2D eigenvalue weighted by molar-refractivity contribution is 0.151. The van der Waals surface area contributed by atoms with Gasteiger partial charge in [-0.25, -0.2) is 0 Å². The summed E-state index contributed by atoms with van der Waals surface area (Å²) in [7, 11) is -1.69. The van der Waals surface area contributed by atoms with E-state index >= 15 is 0 Å². The smallest absolute Gasteiger partial charge is 0.192 e. The molecule has 1 fully saturated rings. The maximum Gasteiger partial charge on any atom is 0.192 e. The Kier molecular flexibility index (Phi) is 17.4. The molecule has 1 aliphatic carbocycles. The highest BCUT2D eigenvalue weighted by molar-refractivity contribution is 6.74. The fourth-order valence-corrected chi connectivity index (χ4v) is 7.16. The van der Waals surface area contributed by atoms with E-state index in [1.54, 1.807) is 0 Å². The van der Waals surface area contributed by atoms with Crippen molar-refractivity contribution < 1.29 is 14.6 Å². The monoisotopic (exact) mass is 512 g/mol. The molecule has 2 N–H and O–H groups in total. The van der Waals surface area contributed by atoms with Crippen LogP contribution in [0.4, 0.5) is 0 Å². The lowest BCUT2D eigenvalue weighted by Gasteiger charge is -2.39. The largest absolute Gasteiger partial charge is 0.414 e. The van der Waals surface area contributed by atoms with Gasteiger partial charge in [-0.1, -0.05) is 111 Å². The first-order valence-electron chi connectivity index (χ1n) is 15.6. The molecule has 1 unspecified atom stereocenters. The van der Waals surface area contributed by atoms with Gasteiger partial charge in [0.25, 0.3) is 0 Å². The van der Waals surface area contributed by atoms with Crippen molar-refractivity contribution in [3.63, 3.8) is 0 Å². The summed E-state index contributed by atoms with van der Waals surface area (Å²) in [4.78, 5) is 0. The number of hydrogen-bond donors (Lipinski definition) is 2. The second-order valence-electron chi connectivity index (χ2n) is 13.3. The number of aliphatic hydroxyl groups excluding tert-OH is 2. The van der Waals surface area contributed by atoms with Crippen molar-refractivity contribution in [2.45, 2.75) is 180 Å². The highest BCUT2D eigenvalue weighted by Gasteiger charge is 2.44. The Labute approximate surface area is 221 Å². The van der Waals surface area contributed by atoms with Gasteiger partial charge in [-0.2, -0.15) is 0 Å². The molecule has 3 nitrogen and oxygen atoms in total. The van der Waals surface area contributed by atoms with Gasteiger partial charge in [0.05, 0.1) is 0 Å². The van der Waals surface area contributed by atoms with Crippen LogP contribution in [0.15, 0.2) is 0 Å². The molecule has 1 saturated carbocycles. The van der Waals surface area contributed by atoms with Gasteiger partial charge >= 0.3 is 0 Å². The molecular weight excluding hydrogens is 448 g/mol. The van der Waals surface area contributed by atoms with E-state index < -0.39 is 8.32 Å². The number of aliphatic hydroxyl groups is 2. The van der Waals surface area contributed by atoms with Crippen LogP contribution in [0.3, 0.4) is 0 Å². The zero-order valence-electron chi connectivity index (χ0n) is 24.6. The van der Waals surface area contributed by atoms with E-state index in [9.17, 15) is 0 Å². The Morgan fingerprint density at radius 2 is 1.03 bits per heavy atom. The second kappa shape index (κ2) is 18.4. The van der Waals surface area contributed by atoms with E-state index in [0.29, 0.717) is 29.8 Å². The molecule has 0 bridgehead atoms. The van der Waals surface area contributed by atoms with Crippen LogP contribution in [-0.2, 0) is 4.43 Å². The van der Waals surface area contributed by atoms with E-state index in [1.807, 2.05) is 0 Å². The maximum atomic E-state index is 8.92. The van der Waals surface area contributed by atoms with Gasteiger partial charge in [0.2, 0.25) is 0 Å². The van der Waals surface area contributed by atoms with Crippen LogP contribution in [-0.4, -0.2) is 37.8 Å². The van der Waals surface area contributed by atoms with Crippen molar-refractivity contribution in [3.05, 3.63) is 0 Å². The van der Waals surface area contributed by atoms with Crippen molar-refractivity contribution in [3.8, 4) is 0 Å². The van der Waals surface area contributed by atoms with Gasteiger partial charge < -0.3 is 14.6 Å². The van der Waals surface area contributed by atoms with E-state index in [2.05, 4.69) is 33.9 Å². The highest BCUT2D eigenvalue weighted by atomic mass is 28.4. The molecule has 1 rings (SSSR count). The van der Waals surface area contributed by atoms with Crippen molar-refractivity contribution in [1.29, 1.82) is 0 Å². The molecule has 0 aliphatic heterocycles. The molecule has 4 heteroatoms. The zero-order valence-corrected chi connectivity index (χ0v) is 25.6. The summed E-state index contributed by atoms with van der Waals surface area (Å²) in [5.41, 5.74) is 0.537. The van der Waals surface area contributed by atoms with Crippen LogP contribution < -0.4 is 0 Å². The number of hydrogen-bond acceptors (Lipinski definition) is 3. The molecule has 0 aromatic rings. The first kappa shape index (κ1) is 33.1. The standard InChI is InChI=1S/C31H64O3Si/c1-30(2,3)35(4,5)34-29-22-25-31(28-29,23-18-14-10-6-8-12-16-20-26-32)24-19-15-11-7-9-13-17-21-27-33/h29,32-33H,6-28H2,1-5H3. The molecule has 0 aromatic heterocycles. The quantitative estimate of drug-likeness (QED) is 0.112. The van der Waals surface area contributed by atoms with Crippen LogP contribution in [0.5, 0.6) is 0 Å². The molecule has 0 spiro atoms. The summed E-state index contributed by atoms with van der Waals surface area (Å²) >= 11 is 0. The fraction of sp³-hybridized carbons (Fsp3) is 1.00. The third kappa shape index (κ3) is 14.6. The Hall–Kier alpha value is 0.0969. The second-order valence-corrected chi connectivity index (χ2v) is 18.1. The summed E-state index contributed by atoms with van der Waals surface area (Å²) in [5.74, 6) is 0. The van der Waals surface area contributed by atoms with E-state index in [-0.39, 0.29) is 0 Å². The highest BCUT2D eigenvalue weighted by Crippen LogP contribution is 2.49. The normalized spacial score (nSPS) is 18.4. The lowest BCUT2D eigenvalue weighted by Crippen LogP contribution is -2.43. The minimum absolute atomic E-state index is 0.298. The molecule has 210 valence electrons. The van der Waals surface area contributed by atoms with E-state index in [4.69, 9.17) is 14.6 Å². The summed E-state index contributed by atoms with van der Waals surface area (Å²) < 4.78 is 6.91. The van der Waals surface area contributed by atoms with Gasteiger partial charge in [-0.15, -0.1) is 0 Å². The predicted molar refractivity (Wildman–Crippen MR) is 156 cm³/mol. The van der Waals surface area contributed by atoms with Crippen molar-refractivity contribution in [1.82, 2.24) is 0 Å². The average molecular weight is 513 g/mol. The molecule has 0 amide bonds. The molecule has 1 aliphatic rings. The number of rotatable bonds is 22. The van der Waals surface area contributed by atoms with Crippen molar-refractivity contribution in [2.24, 2.45) is 5.41 Å². The van der Waals surface area contributed by atoms with Crippen LogP contribution in [0.1, 0.15) is 156 Å². The van der Waals surface area contributed by atoms with Crippen LogP contribution >= 0.6 is 0 Å². The minimum atomic E-state index is -1.69. The Bertz CT molecular complexity index is 478. The molecule has 1 atom stereocenters. The van der Waals surface area contributed by atoms with Gasteiger partial charge in [0, 0.05) is 19.3 Å². The van der Waals surface area contributed by atoms with Crippen LogP contribution in [0.2, 0.25) is 18.1 Å². The third-order valence-corrected chi connectivity index (χ3v) is 13.7. The van der Waals surface area contributed by atoms with Crippen LogP contribution in [0.25, 0.3) is 0 Å². The first-order chi connectivity index (χ1) is 16.7. The van der Waals surface area contributed by atoms with Crippen molar-refractivity contribution in [2.75, 3.05) is 13.2 Å². The summed E-state index contributed by atoms with van der Waals surface area (Å²) in [6, 6.07) is 0. The fourth-order valence-electron chi connectivity index (χ4n) is 5.77. The Balaban J connectivity index is 2.43. The van der Waals surface area contributed by atoms with Crippen molar-refractivity contribution >= 4 is 8.32 Å². The molecule has 35 heavy (non-hydrogen) atoms. The zero-order chi connectivity index (χ0) is 26.0. The number of unbranched alkanes of at least 4 members (excludes halogenated alkanes) is 14. The first-order valence-corrected chi connectivity index (χ1v) is 18.5. The van der Waals surface area contributed by atoms with E-state index in [0.717, 1.165) is 12.8 Å². The lowest BCUT2D eigenvalue weighted by atomic mass is 9.76. The summed E-state index contributed by atoms with van der Waals surface area (Å²) in [6.45, 7) is 12.7.